The van der Waals surface area contributed by atoms with Gasteiger partial charge in [-0.15, -0.1) is 0 Å². The van der Waals surface area contributed by atoms with Crippen LogP contribution in [-0.2, 0) is 4.79 Å². The molecule has 31 heavy (non-hydrogen) atoms. The van der Waals surface area contributed by atoms with E-state index in [9.17, 15) is 25.2 Å². The molecule has 1 aliphatic carbocycles. The fourth-order valence-corrected chi connectivity index (χ4v) is 4.03. The van der Waals surface area contributed by atoms with E-state index in [0.717, 1.165) is 0 Å². The monoisotopic (exact) mass is 432 g/mol. The first-order chi connectivity index (χ1) is 14.8. The molecule has 0 bridgehead atoms. The average molecular weight is 432 g/mol. The third-order valence-corrected chi connectivity index (χ3v) is 5.44. The number of rotatable bonds is 7. The topological polar surface area (TPSA) is 135 Å². The van der Waals surface area contributed by atoms with Crippen molar-refractivity contribution in [2.45, 2.75) is 5.92 Å². The molecule has 0 saturated heterocycles. The van der Waals surface area contributed by atoms with Gasteiger partial charge in [0.2, 0.25) is 11.5 Å². The predicted molar refractivity (Wildman–Crippen MR) is 110 cm³/mol. The van der Waals surface area contributed by atoms with Gasteiger partial charge in [-0.3, -0.25) is 0 Å². The van der Waals surface area contributed by atoms with E-state index in [1.165, 1.54) is 52.7 Å². The fraction of sp³-hybridized carbons (Fsp3) is 0.318. The average Bonchev–Trinajstić information content (AvgIpc) is 2.77. The van der Waals surface area contributed by atoms with Gasteiger partial charge in [-0.2, -0.15) is 0 Å². The van der Waals surface area contributed by atoms with Gasteiger partial charge < -0.3 is 39.4 Å². The highest BCUT2D eigenvalue weighted by Crippen LogP contribution is 2.53. The van der Waals surface area contributed by atoms with Crippen LogP contribution in [0.5, 0.6) is 34.5 Å². The molecule has 0 saturated carbocycles. The Morgan fingerprint density at radius 1 is 0.903 bits per heavy atom. The normalized spacial score (nSPS) is 17.4. The third kappa shape index (κ3) is 3.57. The SMILES string of the molecule is COc1cc([C@@H]2c3c(cc(OC)c(O)c3OC)C=C(C(=O)O)[C@@H]2CO)cc(OC)c1O. The first-order valence-corrected chi connectivity index (χ1v) is 9.31. The molecular formula is C22H24O9. The van der Waals surface area contributed by atoms with Crippen LogP contribution >= 0.6 is 0 Å². The summed E-state index contributed by atoms with van der Waals surface area (Å²) < 4.78 is 21.2. The maximum atomic E-state index is 12.0. The second-order valence-electron chi connectivity index (χ2n) is 6.91. The summed E-state index contributed by atoms with van der Waals surface area (Å²) in [4.78, 5) is 12.0. The number of methoxy groups -OCH3 is 4. The van der Waals surface area contributed by atoms with E-state index in [1.54, 1.807) is 0 Å². The molecule has 0 aromatic heterocycles. The molecule has 9 nitrogen and oxygen atoms in total. The Bertz CT molecular complexity index is 1020. The van der Waals surface area contributed by atoms with Crippen molar-refractivity contribution in [3.8, 4) is 34.5 Å². The van der Waals surface area contributed by atoms with E-state index < -0.39 is 24.4 Å². The number of hydrogen-bond donors (Lipinski definition) is 4. The fourth-order valence-electron chi connectivity index (χ4n) is 4.03. The number of carbonyl (C=O) groups is 1. The quantitative estimate of drug-likeness (QED) is 0.520. The maximum Gasteiger partial charge on any atom is 0.331 e. The van der Waals surface area contributed by atoms with E-state index in [1.807, 2.05) is 0 Å². The van der Waals surface area contributed by atoms with Crippen LogP contribution in [-0.4, -0.2) is 61.4 Å². The number of benzene rings is 2. The van der Waals surface area contributed by atoms with Crippen LogP contribution in [0.25, 0.3) is 6.08 Å². The van der Waals surface area contributed by atoms with Crippen LogP contribution < -0.4 is 18.9 Å². The lowest BCUT2D eigenvalue weighted by Crippen LogP contribution is -2.28. The van der Waals surface area contributed by atoms with Crippen molar-refractivity contribution in [1.82, 2.24) is 0 Å². The van der Waals surface area contributed by atoms with Gasteiger partial charge in [0.25, 0.3) is 0 Å². The van der Waals surface area contributed by atoms with Gasteiger partial charge in [-0.25, -0.2) is 4.79 Å². The summed E-state index contributed by atoms with van der Waals surface area (Å²) in [5.41, 5.74) is 1.37. The summed E-state index contributed by atoms with van der Waals surface area (Å²) in [6.45, 7) is -0.496. The molecule has 2 aromatic carbocycles. The molecule has 0 spiro atoms. The summed E-state index contributed by atoms with van der Waals surface area (Å²) in [6.07, 6.45) is 1.43. The number of fused-ring (bicyclic) bond motifs is 1. The summed E-state index contributed by atoms with van der Waals surface area (Å²) in [6, 6.07) is 4.56. The molecule has 166 valence electrons. The van der Waals surface area contributed by atoms with Crippen LogP contribution in [0.2, 0.25) is 0 Å². The number of aliphatic hydroxyl groups is 1. The largest absolute Gasteiger partial charge is 0.502 e. The van der Waals surface area contributed by atoms with Gasteiger partial charge in [0.05, 0.1) is 35.0 Å². The molecule has 4 N–H and O–H groups in total. The Morgan fingerprint density at radius 2 is 1.45 bits per heavy atom. The van der Waals surface area contributed by atoms with E-state index in [0.29, 0.717) is 16.7 Å². The van der Waals surface area contributed by atoms with Crippen molar-refractivity contribution < 1.29 is 44.2 Å². The van der Waals surface area contributed by atoms with E-state index >= 15 is 0 Å². The number of aliphatic hydroxyl groups excluding tert-OH is 1. The lowest BCUT2D eigenvalue weighted by Gasteiger charge is -2.34. The Hall–Kier alpha value is -3.59. The molecule has 0 unspecified atom stereocenters. The number of carboxylic acids is 1. The molecule has 2 atom stereocenters. The van der Waals surface area contributed by atoms with Crippen molar-refractivity contribution in [3.05, 3.63) is 40.5 Å². The highest BCUT2D eigenvalue weighted by Gasteiger charge is 2.40. The zero-order valence-electron chi connectivity index (χ0n) is 17.5. The second-order valence-corrected chi connectivity index (χ2v) is 6.91. The standard InChI is InChI=1S/C22H24O9/c1-28-14-7-11(8-15(29-2)19(14)24)17-13(9-23)12(22(26)27)5-10-6-16(30-3)20(25)21(31-4)18(10)17/h5-8,13,17,23-25H,9H2,1-4H3,(H,26,27)/t13-,17-/m0/s1. The number of carboxylic acid groups (broad SMARTS) is 1. The first kappa shape index (κ1) is 22.1. The van der Waals surface area contributed by atoms with E-state index in [-0.39, 0.29) is 40.1 Å². The maximum absolute atomic E-state index is 12.0. The second kappa shape index (κ2) is 8.65. The highest BCUT2D eigenvalue weighted by molar-refractivity contribution is 5.95. The number of ether oxygens (including phenoxy) is 4. The van der Waals surface area contributed by atoms with Crippen LogP contribution in [0.4, 0.5) is 0 Å². The lowest BCUT2D eigenvalue weighted by molar-refractivity contribution is -0.133. The van der Waals surface area contributed by atoms with Crippen LogP contribution in [0.15, 0.2) is 23.8 Å². The van der Waals surface area contributed by atoms with Gasteiger partial charge >= 0.3 is 5.97 Å². The smallest absolute Gasteiger partial charge is 0.331 e. The molecule has 3 rings (SSSR count). The third-order valence-electron chi connectivity index (χ3n) is 5.44. The van der Waals surface area contributed by atoms with E-state index in [4.69, 9.17) is 18.9 Å². The number of aromatic hydroxyl groups is 2. The van der Waals surface area contributed by atoms with Crippen molar-refractivity contribution in [3.63, 3.8) is 0 Å². The summed E-state index contributed by atoms with van der Waals surface area (Å²) in [5, 5.41) is 40.9. The lowest BCUT2D eigenvalue weighted by atomic mass is 9.71. The van der Waals surface area contributed by atoms with Gasteiger partial charge in [0.1, 0.15) is 0 Å². The van der Waals surface area contributed by atoms with Crippen molar-refractivity contribution >= 4 is 12.0 Å². The Morgan fingerprint density at radius 3 is 1.90 bits per heavy atom. The van der Waals surface area contributed by atoms with Gasteiger partial charge in [0.15, 0.2) is 23.0 Å². The highest BCUT2D eigenvalue weighted by atomic mass is 16.5. The molecule has 0 aliphatic heterocycles. The van der Waals surface area contributed by atoms with Gasteiger partial charge in [-0.05, 0) is 35.4 Å². The Balaban J connectivity index is 2.41. The van der Waals surface area contributed by atoms with E-state index in [2.05, 4.69) is 0 Å². The number of phenols is 2. The number of phenolic OH excluding ortho intramolecular Hbond substituents is 2. The van der Waals surface area contributed by atoms with Gasteiger partial charge in [-0.1, -0.05) is 0 Å². The van der Waals surface area contributed by atoms with Crippen LogP contribution in [0.1, 0.15) is 22.6 Å². The Kier molecular flexibility index (Phi) is 6.16. The van der Waals surface area contributed by atoms with Gasteiger partial charge in [0, 0.05) is 23.0 Å². The minimum absolute atomic E-state index is 0.0270. The molecular weight excluding hydrogens is 408 g/mol. The minimum atomic E-state index is -1.20. The molecule has 0 heterocycles. The van der Waals surface area contributed by atoms with Crippen molar-refractivity contribution in [2.24, 2.45) is 5.92 Å². The molecule has 9 heteroatoms. The summed E-state index contributed by atoms with van der Waals surface area (Å²) in [5.74, 6) is -2.91. The number of hydrogen-bond acceptors (Lipinski definition) is 8. The number of aliphatic carboxylic acids is 1. The molecule has 1 aliphatic rings. The molecule has 0 amide bonds. The molecule has 2 aromatic rings. The minimum Gasteiger partial charge on any atom is -0.502 e. The first-order valence-electron chi connectivity index (χ1n) is 9.31. The molecule has 0 fully saturated rings. The van der Waals surface area contributed by atoms with Crippen LogP contribution in [0.3, 0.4) is 0 Å². The summed E-state index contributed by atoms with van der Waals surface area (Å²) in [7, 11) is 5.48. The summed E-state index contributed by atoms with van der Waals surface area (Å²) >= 11 is 0. The predicted octanol–water partition coefficient (Wildman–Crippen LogP) is 2.35. The zero-order chi connectivity index (χ0) is 22.9. The zero-order valence-corrected chi connectivity index (χ0v) is 17.5. The van der Waals surface area contributed by atoms with Crippen LogP contribution in [0, 0.1) is 5.92 Å². The van der Waals surface area contributed by atoms with Crippen molar-refractivity contribution in [1.29, 1.82) is 0 Å². The Labute approximate surface area is 178 Å². The molecule has 0 radical (unpaired) electrons. The van der Waals surface area contributed by atoms with Crippen molar-refractivity contribution in [2.75, 3.05) is 35.0 Å².